The fourth-order valence-electron chi connectivity index (χ4n) is 5.86. The van der Waals surface area contributed by atoms with E-state index in [1.54, 1.807) is 7.11 Å². The van der Waals surface area contributed by atoms with Crippen LogP contribution in [0.3, 0.4) is 0 Å². The molecule has 2 atom stereocenters. The third kappa shape index (κ3) is 3.97. The third-order valence-electron chi connectivity index (χ3n) is 7.74. The summed E-state index contributed by atoms with van der Waals surface area (Å²) >= 11 is 0. The van der Waals surface area contributed by atoms with E-state index in [2.05, 4.69) is 38.0 Å². The highest BCUT2D eigenvalue weighted by Crippen LogP contribution is 2.37. The Morgan fingerprint density at radius 1 is 1.08 bits per heavy atom. The van der Waals surface area contributed by atoms with Gasteiger partial charge in [0.2, 0.25) is 5.88 Å². The summed E-state index contributed by atoms with van der Waals surface area (Å²) in [5, 5.41) is 13.9. The first kappa shape index (κ1) is 23.1. The van der Waals surface area contributed by atoms with Gasteiger partial charge in [0.05, 0.1) is 37.7 Å². The van der Waals surface area contributed by atoms with E-state index in [9.17, 15) is 5.11 Å². The van der Waals surface area contributed by atoms with Crippen LogP contribution in [0.15, 0.2) is 53.9 Å². The Kier molecular flexibility index (Phi) is 5.70. The van der Waals surface area contributed by atoms with Crippen LogP contribution in [0.5, 0.6) is 11.6 Å². The largest absolute Gasteiger partial charge is 0.490 e. The molecule has 1 N–H and O–H groups in total. The molecule has 0 saturated carbocycles. The number of piperidine rings is 1. The molecule has 8 heterocycles. The second kappa shape index (κ2) is 9.38. The van der Waals surface area contributed by atoms with E-state index in [-0.39, 0.29) is 13.2 Å². The van der Waals surface area contributed by atoms with Crippen molar-refractivity contribution in [3.63, 3.8) is 0 Å². The Morgan fingerprint density at radius 3 is 2.71 bits per heavy atom. The van der Waals surface area contributed by atoms with Crippen LogP contribution < -0.4 is 14.4 Å². The van der Waals surface area contributed by atoms with Crippen LogP contribution in [0.25, 0.3) is 16.6 Å². The predicted molar refractivity (Wildman–Crippen MR) is 143 cm³/mol. The summed E-state index contributed by atoms with van der Waals surface area (Å²) < 4.78 is 12.8. The Balaban J connectivity index is 1.10. The molecular weight excluding hydrogens is 482 g/mol. The molecule has 0 aromatic carbocycles. The number of hydrogen-bond acceptors (Lipinski definition) is 9. The summed E-state index contributed by atoms with van der Waals surface area (Å²) in [6.45, 7) is 3.62. The summed E-state index contributed by atoms with van der Waals surface area (Å²) in [5.41, 5.74) is 6.19. The highest BCUT2D eigenvalue weighted by molar-refractivity contribution is 5.99. The molecule has 38 heavy (non-hydrogen) atoms. The Bertz CT molecular complexity index is 1490. The Hall–Kier alpha value is -4.02. The molecule has 194 valence electrons. The summed E-state index contributed by atoms with van der Waals surface area (Å²) in [4.78, 5) is 18.6. The molecule has 3 fully saturated rings. The minimum Gasteiger partial charge on any atom is -0.490 e. The van der Waals surface area contributed by atoms with Crippen molar-refractivity contribution in [3.05, 3.63) is 65.7 Å². The number of pyridine rings is 3. The van der Waals surface area contributed by atoms with Crippen molar-refractivity contribution < 1.29 is 14.6 Å². The van der Waals surface area contributed by atoms with E-state index in [4.69, 9.17) is 19.6 Å². The molecular formula is C28H29N7O3. The molecule has 0 radical (unpaired) electrons. The molecule has 8 rings (SSSR count). The Labute approximate surface area is 220 Å². The number of nitrogens with zero attached hydrogens (tertiary/aromatic N) is 7. The number of hydrogen-bond donors (Lipinski definition) is 1. The first-order valence-electron chi connectivity index (χ1n) is 12.9. The highest BCUT2D eigenvalue weighted by atomic mass is 16.5. The SMILES string of the molecule is COc1ccc(CN2C3CC2CN(c2ccc(-c4cc(OCCO)cn5nc6c(c45)C=NC6)cn2)C3)cn1. The lowest BCUT2D eigenvalue weighted by Gasteiger charge is -2.56. The number of rotatable bonds is 8. The van der Waals surface area contributed by atoms with Gasteiger partial charge in [-0.25, -0.2) is 14.5 Å². The monoisotopic (exact) mass is 511 g/mol. The van der Waals surface area contributed by atoms with Gasteiger partial charge in [0.15, 0.2) is 0 Å². The lowest BCUT2D eigenvalue weighted by molar-refractivity contribution is -0.00876. The van der Waals surface area contributed by atoms with Crippen LogP contribution in [-0.2, 0) is 13.1 Å². The van der Waals surface area contributed by atoms with Gasteiger partial charge in [-0.05, 0) is 30.2 Å². The summed E-state index contributed by atoms with van der Waals surface area (Å²) in [6.07, 6.45) is 8.83. The molecule has 4 aliphatic rings. The first-order valence-corrected chi connectivity index (χ1v) is 12.9. The van der Waals surface area contributed by atoms with Crippen molar-refractivity contribution >= 4 is 17.5 Å². The van der Waals surface area contributed by atoms with E-state index < -0.39 is 0 Å². The van der Waals surface area contributed by atoms with Crippen LogP contribution >= 0.6 is 0 Å². The van der Waals surface area contributed by atoms with Crippen molar-refractivity contribution in [3.8, 4) is 22.8 Å². The van der Waals surface area contributed by atoms with Crippen molar-refractivity contribution in [2.45, 2.75) is 31.6 Å². The van der Waals surface area contributed by atoms with Gasteiger partial charge in [-0.2, -0.15) is 5.10 Å². The quantitative estimate of drug-likeness (QED) is 0.385. The second-order valence-corrected chi connectivity index (χ2v) is 10.0. The maximum Gasteiger partial charge on any atom is 0.212 e. The van der Waals surface area contributed by atoms with Gasteiger partial charge in [-0.3, -0.25) is 9.89 Å². The lowest BCUT2D eigenvalue weighted by Crippen LogP contribution is -2.68. The molecule has 0 spiro atoms. The van der Waals surface area contributed by atoms with E-state index in [1.165, 1.54) is 12.0 Å². The van der Waals surface area contributed by atoms with Gasteiger partial charge in [0.25, 0.3) is 0 Å². The number of aliphatic hydroxyl groups is 1. The van der Waals surface area contributed by atoms with Gasteiger partial charge in [0, 0.05) is 73.1 Å². The van der Waals surface area contributed by atoms with Crippen LogP contribution in [-0.4, -0.2) is 81.3 Å². The maximum atomic E-state index is 9.22. The van der Waals surface area contributed by atoms with E-state index in [1.807, 2.05) is 41.5 Å². The highest BCUT2D eigenvalue weighted by Gasteiger charge is 2.44. The zero-order chi connectivity index (χ0) is 25.6. The zero-order valence-electron chi connectivity index (χ0n) is 21.2. The van der Waals surface area contributed by atoms with E-state index in [0.29, 0.717) is 30.3 Å². The van der Waals surface area contributed by atoms with Gasteiger partial charge >= 0.3 is 0 Å². The van der Waals surface area contributed by atoms with Crippen molar-refractivity contribution in [2.24, 2.45) is 4.99 Å². The van der Waals surface area contributed by atoms with Crippen molar-refractivity contribution in [1.29, 1.82) is 0 Å². The molecule has 2 bridgehead atoms. The average molecular weight is 512 g/mol. The normalized spacial score (nSPS) is 20.0. The van der Waals surface area contributed by atoms with Gasteiger partial charge < -0.3 is 19.5 Å². The molecule has 0 amide bonds. The number of piperazine rings is 1. The van der Waals surface area contributed by atoms with Crippen LogP contribution in [0, 0.1) is 0 Å². The number of fused-ring (bicyclic) bond motifs is 5. The summed E-state index contributed by atoms with van der Waals surface area (Å²) in [5.74, 6) is 2.30. The van der Waals surface area contributed by atoms with E-state index in [0.717, 1.165) is 53.4 Å². The molecule has 4 aromatic heterocycles. The summed E-state index contributed by atoms with van der Waals surface area (Å²) in [7, 11) is 1.64. The minimum atomic E-state index is -0.0435. The van der Waals surface area contributed by atoms with Gasteiger partial charge in [0.1, 0.15) is 18.2 Å². The molecule has 2 unspecified atom stereocenters. The predicted octanol–water partition coefficient (Wildman–Crippen LogP) is 2.57. The number of anilines is 1. The topological polar surface area (TPSA) is 101 Å². The van der Waals surface area contributed by atoms with Gasteiger partial charge in [-0.15, -0.1) is 0 Å². The van der Waals surface area contributed by atoms with Crippen molar-refractivity contribution in [2.75, 3.05) is 38.3 Å². The lowest BCUT2D eigenvalue weighted by atomic mass is 9.87. The van der Waals surface area contributed by atoms with Gasteiger partial charge in [-0.1, -0.05) is 6.07 Å². The number of methoxy groups -OCH3 is 1. The molecule has 0 aliphatic carbocycles. The van der Waals surface area contributed by atoms with Crippen molar-refractivity contribution in [1.82, 2.24) is 24.5 Å². The zero-order valence-corrected chi connectivity index (χ0v) is 21.2. The maximum absolute atomic E-state index is 9.22. The number of aliphatic imine (C=N–C) groups is 1. The van der Waals surface area contributed by atoms with Crippen LogP contribution in [0.1, 0.15) is 23.2 Å². The Morgan fingerprint density at radius 2 is 1.97 bits per heavy atom. The molecule has 4 aromatic rings. The third-order valence-corrected chi connectivity index (χ3v) is 7.74. The fraction of sp³-hybridized carbons (Fsp3) is 0.357. The smallest absolute Gasteiger partial charge is 0.212 e. The second-order valence-electron chi connectivity index (χ2n) is 10.0. The molecule has 10 heteroatoms. The summed E-state index contributed by atoms with van der Waals surface area (Å²) in [6, 6.07) is 11.3. The molecule has 10 nitrogen and oxygen atoms in total. The molecule has 4 aliphatic heterocycles. The average Bonchev–Trinajstić information content (AvgIpc) is 3.56. The number of aliphatic hydroxyl groups excluding tert-OH is 1. The molecule has 3 saturated heterocycles. The van der Waals surface area contributed by atoms with Crippen LogP contribution in [0.2, 0.25) is 0 Å². The van der Waals surface area contributed by atoms with E-state index >= 15 is 0 Å². The van der Waals surface area contributed by atoms with Crippen LogP contribution in [0.4, 0.5) is 5.82 Å². The first-order chi connectivity index (χ1) is 18.7. The number of aromatic nitrogens is 4. The number of ether oxygens (including phenoxy) is 2. The minimum absolute atomic E-state index is 0.0435. The standard InChI is InChI=1S/C28H29N7O3/c1-37-27-5-2-18(10-31-27)14-34-20-8-21(34)16-33(15-20)26-4-3-19(11-30-26)23-9-22(38-7-6-36)17-35-28(23)24-12-29-13-25(24)32-35/h2-5,9-12,17,20-21,36H,6-8,13-16H2,1H3. The fourth-order valence-corrected chi connectivity index (χ4v) is 5.86.